The van der Waals surface area contributed by atoms with Crippen molar-refractivity contribution in [3.8, 4) is 11.8 Å². The summed E-state index contributed by atoms with van der Waals surface area (Å²) in [5.74, 6) is 6.25. The maximum atomic E-state index is 12.8. The van der Waals surface area contributed by atoms with Crippen LogP contribution in [0, 0.1) is 24.7 Å². The highest BCUT2D eigenvalue weighted by atomic mass is 16.2. The number of aliphatic hydroxyl groups is 1. The number of rotatable bonds is 4. The Hall–Kier alpha value is -1.79. The number of aryl methyl sites for hydroxylation is 1. The number of hydrogen-bond acceptors (Lipinski definition) is 2. The van der Waals surface area contributed by atoms with Gasteiger partial charge in [0, 0.05) is 23.7 Å². The first-order valence-corrected chi connectivity index (χ1v) is 7.54. The molecule has 0 radical (unpaired) electrons. The number of carbonyl (C=O) groups excluding carboxylic acids is 1. The van der Waals surface area contributed by atoms with Crippen molar-refractivity contribution in [1.82, 2.24) is 4.90 Å². The quantitative estimate of drug-likeness (QED) is 0.864. The van der Waals surface area contributed by atoms with E-state index in [1.807, 2.05) is 30.0 Å². The summed E-state index contributed by atoms with van der Waals surface area (Å²) in [7, 11) is 0. The van der Waals surface area contributed by atoms with Crippen LogP contribution in [0.1, 0.15) is 48.2 Å². The van der Waals surface area contributed by atoms with Gasteiger partial charge in [0.15, 0.2) is 0 Å². The third-order valence-electron chi connectivity index (χ3n) is 3.82. The van der Waals surface area contributed by atoms with Gasteiger partial charge in [0.1, 0.15) is 6.61 Å². The van der Waals surface area contributed by atoms with Gasteiger partial charge in [-0.25, -0.2) is 0 Å². The van der Waals surface area contributed by atoms with Gasteiger partial charge >= 0.3 is 0 Å². The summed E-state index contributed by atoms with van der Waals surface area (Å²) in [5, 5.41) is 8.78. The van der Waals surface area contributed by atoms with Crippen LogP contribution in [0.15, 0.2) is 18.2 Å². The van der Waals surface area contributed by atoms with Crippen LogP contribution in [0.2, 0.25) is 0 Å². The number of nitrogens with zero attached hydrogens (tertiary/aromatic N) is 1. The van der Waals surface area contributed by atoms with Crippen LogP contribution in [0.5, 0.6) is 0 Å². The van der Waals surface area contributed by atoms with Gasteiger partial charge in [0.25, 0.3) is 5.91 Å². The molecule has 3 nitrogen and oxygen atoms in total. The molecule has 1 saturated carbocycles. The minimum Gasteiger partial charge on any atom is -0.384 e. The summed E-state index contributed by atoms with van der Waals surface area (Å²) in [6.45, 7) is 6.75. The molecule has 1 aliphatic carbocycles. The molecule has 1 aromatic rings. The second kappa shape index (κ2) is 6.78. The highest BCUT2D eigenvalue weighted by Gasteiger charge is 2.29. The van der Waals surface area contributed by atoms with Crippen LogP contribution < -0.4 is 0 Å². The van der Waals surface area contributed by atoms with E-state index in [9.17, 15) is 4.79 Å². The van der Waals surface area contributed by atoms with Crippen LogP contribution in [0.4, 0.5) is 0 Å². The summed E-state index contributed by atoms with van der Waals surface area (Å²) in [6, 6.07) is 5.84. The van der Waals surface area contributed by atoms with E-state index in [4.69, 9.17) is 5.11 Å². The topological polar surface area (TPSA) is 40.5 Å². The Balaban J connectivity index is 2.26. The van der Waals surface area contributed by atoms with E-state index in [1.165, 1.54) is 12.8 Å². The van der Waals surface area contributed by atoms with E-state index >= 15 is 0 Å². The van der Waals surface area contributed by atoms with Crippen molar-refractivity contribution < 1.29 is 9.90 Å². The van der Waals surface area contributed by atoms with Crippen LogP contribution in [0.25, 0.3) is 0 Å². The molecule has 1 fully saturated rings. The van der Waals surface area contributed by atoms with E-state index in [0.29, 0.717) is 11.5 Å². The first kappa shape index (κ1) is 15.6. The third kappa shape index (κ3) is 4.09. The number of benzene rings is 1. The fourth-order valence-corrected chi connectivity index (χ4v) is 2.33. The molecule has 0 bridgehead atoms. The Kier molecular flexibility index (Phi) is 5.03. The normalized spacial score (nSPS) is 13.8. The van der Waals surface area contributed by atoms with Crippen molar-refractivity contribution >= 4 is 5.91 Å². The van der Waals surface area contributed by atoms with Crippen molar-refractivity contribution in [2.45, 2.75) is 39.7 Å². The molecule has 2 rings (SSSR count). The number of aliphatic hydroxyl groups excluding tert-OH is 1. The lowest BCUT2D eigenvalue weighted by Crippen LogP contribution is -2.38. The maximum absolute atomic E-state index is 12.8. The second-order valence-electron chi connectivity index (χ2n) is 5.98. The zero-order valence-corrected chi connectivity index (χ0v) is 13.0. The third-order valence-corrected chi connectivity index (χ3v) is 3.82. The summed E-state index contributed by atoms with van der Waals surface area (Å²) in [5.41, 5.74) is 2.46. The predicted molar refractivity (Wildman–Crippen MR) is 84.0 cm³/mol. The Morgan fingerprint density at radius 3 is 2.71 bits per heavy atom. The Morgan fingerprint density at radius 1 is 1.43 bits per heavy atom. The lowest BCUT2D eigenvalue weighted by atomic mass is 10.0. The molecule has 1 aromatic carbocycles. The fourth-order valence-electron chi connectivity index (χ4n) is 2.33. The second-order valence-corrected chi connectivity index (χ2v) is 5.98. The van der Waals surface area contributed by atoms with E-state index in [2.05, 4.69) is 25.7 Å². The smallest absolute Gasteiger partial charge is 0.254 e. The van der Waals surface area contributed by atoms with Gasteiger partial charge in [-0.1, -0.05) is 17.9 Å². The zero-order valence-electron chi connectivity index (χ0n) is 13.0. The molecule has 0 heterocycles. The fraction of sp³-hybridized carbons (Fsp3) is 0.500. The van der Waals surface area contributed by atoms with Crippen molar-refractivity contribution in [1.29, 1.82) is 0 Å². The predicted octanol–water partition coefficient (Wildman–Crippen LogP) is 2.60. The Morgan fingerprint density at radius 2 is 2.14 bits per heavy atom. The van der Waals surface area contributed by atoms with Crippen molar-refractivity contribution in [3.05, 3.63) is 34.9 Å². The lowest BCUT2D eigenvalue weighted by Gasteiger charge is -2.27. The van der Waals surface area contributed by atoms with E-state index in [-0.39, 0.29) is 18.6 Å². The minimum atomic E-state index is -0.170. The molecule has 0 atom stereocenters. The van der Waals surface area contributed by atoms with Gasteiger partial charge in [-0.2, -0.15) is 0 Å². The highest BCUT2D eigenvalue weighted by molar-refractivity contribution is 5.96. The van der Waals surface area contributed by atoms with Crippen LogP contribution in [-0.2, 0) is 0 Å². The van der Waals surface area contributed by atoms with Gasteiger partial charge in [-0.05, 0) is 57.2 Å². The van der Waals surface area contributed by atoms with Crippen LogP contribution in [-0.4, -0.2) is 35.1 Å². The van der Waals surface area contributed by atoms with E-state index < -0.39 is 0 Å². The Bertz CT molecular complexity index is 577. The molecule has 21 heavy (non-hydrogen) atoms. The SMILES string of the molecule is Cc1ccc(C#CCO)cc1C(=O)N(CC1CC1)C(C)C. The number of amides is 1. The first-order valence-electron chi connectivity index (χ1n) is 7.54. The highest BCUT2D eigenvalue weighted by Crippen LogP contribution is 2.31. The summed E-state index contributed by atoms with van der Waals surface area (Å²) < 4.78 is 0. The molecule has 1 N–H and O–H groups in total. The molecular formula is C18H23NO2. The lowest BCUT2D eigenvalue weighted by molar-refractivity contribution is 0.0695. The molecule has 1 amide bonds. The van der Waals surface area contributed by atoms with Gasteiger partial charge < -0.3 is 10.0 Å². The van der Waals surface area contributed by atoms with Crippen LogP contribution >= 0.6 is 0 Å². The minimum absolute atomic E-state index is 0.0852. The van der Waals surface area contributed by atoms with Crippen molar-refractivity contribution in [2.24, 2.45) is 5.92 Å². The van der Waals surface area contributed by atoms with Crippen molar-refractivity contribution in [3.63, 3.8) is 0 Å². The average Bonchev–Trinajstić information content (AvgIpc) is 3.27. The van der Waals surface area contributed by atoms with Gasteiger partial charge in [-0.15, -0.1) is 0 Å². The molecule has 3 heteroatoms. The molecule has 0 spiro atoms. The molecule has 0 unspecified atom stereocenters. The van der Waals surface area contributed by atoms with Gasteiger partial charge in [0.05, 0.1) is 0 Å². The van der Waals surface area contributed by atoms with E-state index in [1.54, 1.807) is 0 Å². The number of hydrogen-bond donors (Lipinski definition) is 1. The maximum Gasteiger partial charge on any atom is 0.254 e. The first-order chi connectivity index (χ1) is 10.0. The molecule has 1 aliphatic rings. The molecule has 0 aliphatic heterocycles. The summed E-state index contributed by atoms with van der Waals surface area (Å²) in [4.78, 5) is 14.8. The monoisotopic (exact) mass is 285 g/mol. The van der Waals surface area contributed by atoms with Crippen LogP contribution in [0.3, 0.4) is 0 Å². The molecule has 0 aromatic heterocycles. The molecule has 0 saturated heterocycles. The zero-order chi connectivity index (χ0) is 15.4. The molecular weight excluding hydrogens is 262 g/mol. The number of carbonyl (C=O) groups is 1. The van der Waals surface area contributed by atoms with Gasteiger partial charge in [0.2, 0.25) is 0 Å². The average molecular weight is 285 g/mol. The largest absolute Gasteiger partial charge is 0.384 e. The summed E-state index contributed by atoms with van der Waals surface area (Å²) >= 11 is 0. The standard InChI is InChI=1S/C18H23NO2/c1-13(2)19(12-16-8-9-16)18(21)17-11-15(5-4-10-20)7-6-14(17)3/h6-7,11,13,16,20H,8-10,12H2,1-3H3. The Labute approximate surface area is 127 Å². The van der Waals surface area contributed by atoms with Gasteiger partial charge in [-0.3, -0.25) is 4.79 Å². The van der Waals surface area contributed by atoms with Crippen molar-refractivity contribution in [2.75, 3.05) is 13.2 Å². The summed E-state index contributed by atoms with van der Waals surface area (Å²) in [6.07, 6.45) is 2.47. The molecule has 112 valence electrons. The van der Waals surface area contributed by atoms with E-state index in [0.717, 1.165) is 17.7 Å².